The van der Waals surface area contributed by atoms with Gasteiger partial charge in [-0.25, -0.2) is 9.37 Å². The second-order valence-electron chi connectivity index (χ2n) is 4.46. The molecule has 1 aromatic heterocycles. The molecule has 3 aromatic rings. The number of hydrogen-bond donors (Lipinski definition) is 1. The number of rotatable bonds is 3. The smallest absolute Gasteiger partial charge is 0.188 e. The molecular formula is C15H13FN2OS. The molecule has 0 amide bonds. The molecular weight excluding hydrogens is 275 g/mol. The number of halogens is 1. The van der Waals surface area contributed by atoms with Crippen LogP contribution in [0.4, 0.5) is 15.2 Å². The van der Waals surface area contributed by atoms with Gasteiger partial charge in [-0.1, -0.05) is 17.4 Å². The molecule has 102 valence electrons. The van der Waals surface area contributed by atoms with Gasteiger partial charge in [0.25, 0.3) is 0 Å². The van der Waals surface area contributed by atoms with E-state index in [-0.39, 0.29) is 5.82 Å². The monoisotopic (exact) mass is 288 g/mol. The summed E-state index contributed by atoms with van der Waals surface area (Å²) in [5, 5.41) is 3.67. The van der Waals surface area contributed by atoms with E-state index < -0.39 is 0 Å². The van der Waals surface area contributed by atoms with E-state index in [4.69, 9.17) is 4.74 Å². The molecule has 0 fully saturated rings. The lowest BCUT2D eigenvalue weighted by molar-refractivity contribution is 0.414. The molecule has 0 atom stereocenters. The minimum absolute atomic E-state index is 0.332. The number of hydrogen-bond acceptors (Lipinski definition) is 4. The van der Waals surface area contributed by atoms with Crippen LogP contribution >= 0.6 is 11.3 Å². The van der Waals surface area contributed by atoms with Gasteiger partial charge in [-0.05, 0) is 36.8 Å². The molecule has 3 nitrogen and oxygen atoms in total. The molecule has 0 aliphatic rings. The first-order valence-corrected chi connectivity index (χ1v) is 6.95. The van der Waals surface area contributed by atoms with Crippen molar-refractivity contribution in [3.8, 4) is 5.75 Å². The lowest BCUT2D eigenvalue weighted by Crippen LogP contribution is -1.94. The first-order valence-electron chi connectivity index (χ1n) is 6.13. The molecule has 0 spiro atoms. The Morgan fingerprint density at radius 3 is 2.85 bits per heavy atom. The van der Waals surface area contributed by atoms with Crippen molar-refractivity contribution in [3.63, 3.8) is 0 Å². The summed E-state index contributed by atoms with van der Waals surface area (Å²) in [6, 6.07) is 10.6. The molecule has 1 N–H and O–H groups in total. The minimum atomic E-state index is -0.332. The lowest BCUT2D eigenvalue weighted by Gasteiger charge is -2.06. The van der Waals surface area contributed by atoms with Gasteiger partial charge in [0.1, 0.15) is 11.6 Å². The average molecular weight is 288 g/mol. The van der Waals surface area contributed by atoms with Crippen LogP contribution in [-0.2, 0) is 0 Å². The Morgan fingerprint density at radius 2 is 2.05 bits per heavy atom. The first-order chi connectivity index (χ1) is 9.65. The van der Waals surface area contributed by atoms with Crippen LogP contribution in [0.25, 0.3) is 10.2 Å². The second kappa shape index (κ2) is 5.09. The summed E-state index contributed by atoms with van der Waals surface area (Å²) in [4.78, 5) is 4.45. The van der Waals surface area contributed by atoms with Crippen LogP contribution in [0.3, 0.4) is 0 Å². The van der Waals surface area contributed by atoms with Gasteiger partial charge < -0.3 is 10.1 Å². The number of nitrogens with zero attached hydrogens (tertiary/aromatic N) is 1. The number of anilines is 2. The zero-order chi connectivity index (χ0) is 14.1. The fourth-order valence-electron chi connectivity index (χ4n) is 1.93. The summed E-state index contributed by atoms with van der Waals surface area (Å²) in [6.45, 7) is 2.04. The highest BCUT2D eigenvalue weighted by atomic mass is 32.1. The molecule has 1 heterocycles. The van der Waals surface area contributed by atoms with Gasteiger partial charge in [-0.3, -0.25) is 0 Å². The van der Waals surface area contributed by atoms with Gasteiger partial charge in [0.05, 0.1) is 23.0 Å². The fraction of sp³-hybridized carbons (Fsp3) is 0.133. The Balaban J connectivity index is 1.96. The molecule has 0 bridgehead atoms. The normalized spacial score (nSPS) is 10.8. The number of thiazole rings is 1. The van der Waals surface area contributed by atoms with Gasteiger partial charge in [0.15, 0.2) is 5.13 Å². The minimum Gasteiger partial charge on any atom is -0.497 e. The van der Waals surface area contributed by atoms with Crippen LogP contribution in [-0.4, -0.2) is 12.1 Å². The largest absolute Gasteiger partial charge is 0.497 e. The maximum atomic E-state index is 13.8. The van der Waals surface area contributed by atoms with Crippen LogP contribution in [0.2, 0.25) is 0 Å². The van der Waals surface area contributed by atoms with E-state index in [9.17, 15) is 4.39 Å². The van der Waals surface area contributed by atoms with Crippen LogP contribution < -0.4 is 10.1 Å². The van der Waals surface area contributed by atoms with Gasteiger partial charge in [-0.15, -0.1) is 0 Å². The number of nitrogens with one attached hydrogen (secondary N) is 1. The predicted molar refractivity (Wildman–Crippen MR) is 80.6 cm³/mol. The van der Waals surface area contributed by atoms with E-state index in [1.54, 1.807) is 19.2 Å². The highest BCUT2D eigenvalue weighted by Crippen LogP contribution is 2.31. The van der Waals surface area contributed by atoms with E-state index in [0.717, 1.165) is 10.2 Å². The van der Waals surface area contributed by atoms with Gasteiger partial charge >= 0.3 is 0 Å². The molecule has 5 heteroatoms. The van der Waals surface area contributed by atoms with Crippen LogP contribution in [0.5, 0.6) is 5.75 Å². The number of aryl methyl sites for hydroxylation is 1. The zero-order valence-electron chi connectivity index (χ0n) is 11.1. The van der Waals surface area contributed by atoms with Crippen LogP contribution in [0, 0.1) is 12.7 Å². The Kier molecular flexibility index (Phi) is 3.28. The Hall–Kier alpha value is -2.14. The molecule has 0 aliphatic heterocycles. The van der Waals surface area contributed by atoms with Crippen LogP contribution in [0.1, 0.15) is 5.56 Å². The number of methoxy groups -OCH3 is 1. The van der Waals surface area contributed by atoms with Crippen molar-refractivity contribution in [2.24, 2.45) is 0 Å². The molecule has 0 radical (unpaired) electrons. The fourth-order valence-corrected chi connectivity index (χ4v) is 2.90. The van der Waals surface area contributed by atoms with Crippen molar-refractivity contribution in [3.05, 3.63) is 47.8 Å². The third-order valence-corrected chi connectivity index (χ3v) is 3.89. The van der Waals surface area contributed by atoms with E-state index in [1.165, 1.54) is 23.0 Å². The molecule has 3 rings (SSSR count). The average Bonchev–Trinajstić information content (AvgIpc) is 2.82. The zero-order valence-corrected chi connectivity index (χ0v) is 11.9. The lowest BCUT2D eigenvalue weighted by atomic mass is 10.2. The summed E-state index contributed by atoms with van der Waals surface area (Å²) in [5.74, 6) is 0.270. The van der Waals surface area contributed by atoms with E-state index in [1.807, 2.05) is 19.1 Å². The summed E-state index contributed by atoms with van der Waals surface area (Å²) in [5.41, 5.74) is 2.45. The number of ether oxygens (including phenoxy) is 1. The van der Waals surface area contributed by atoms with Crippen molar-refractivity contribution < 1.29 is 9.13 Å². The third-order valence-electron chi connectivity index (χ3n) is 2.96. The molecule has 0 aliphatic carbocycles. The number of aromatic nitrogens is 1. The van der Waals surface area contributed by atoms with Crippen molar-refractivity contribution in [2.45, 2.75) is 6.92 Å². The van der Waals surface area contributed by atoms with Gasteiger partial charge in [0.2, 0.25) is 0 Å². The molecule has 0 saturated carbocycles. The van der Waals surface area contributed by atoms with E-state index in [0.29, 0.717) is 16.6 Å². The number of benzene rings is 2. The van der Waals surface area contributed by atoms with Gasteiger partial charge in [-0.2, -0.15) is 0 Å². The number of fused-ring (bicyclic) bond motifs is 1. The molecule has 2 aromatic carbocycles. The summed E-state index contributed by atoms with van der Waals surface area (Å²) < 4.78 is 19.9. The predicted octanol–water partition coefficient (Wildman–Crippen LogP) is 4.50. The van der Waals surface area contributed by atoms with Crippen molar-refractivity contribution in [1.29, 1.82) is 0 Å². The third kappa shape index (κ3) is 2.44. The summed E-state index contributed by atoms with van der Waals surface area (Å²) >= 11 is 1.50. The summed E-state index contributed by atoms with van der Waals surface area (Å²) in [6.07, 6.45) is 0. The Bertz CT molecular complexity index is 770. The first kappa shape index (κ1) is 12.9. The molecule has 0 unspecified atom stereocenters. The van der Waals surface area contributed by atoms with Crippen molar-refractivity contribution in [1.82, 2.24) is 4.98 Å². The Labute approximate surface area is 120 Å². The topological polar surface area (TPSA) is 34.1 Å². The van der Waals surface area contributed by atoms with E-state index >= 15 is 0 Å². The second-order valence-corrected chi connectivity index (χ2v) is 5.49. The highest BCUT2D eigenvalue weighted by molar-refractivity contribution is 7.22. The molecule has 0 saturated heterocycles. The van der Waals surface area contributed by atoms with Crippen LogP contribution in [0.15, 0.2) is 36.4 Å². The maximum absolute atomic E-state index is 13.8. The highest BCUT2D eigenvalue weighted by Gasteiger charge is 2.08. The maximum Gasteiger partial charge on any atom is 0.188 e. The van der Waals surface area contributed by atoms with E-state index in [2.05, 4.69) is 16.4 Å². The SMILES string of the molecule is COc1ccc(F)c(Nc2nc3ccc(C)cc3s2)c1. The quantitative estimate of drug-likeness (QED) is 0.770. The Morgan fingerprint density at radius 1 is 1.20 bits per heavy atom. The van der Waals surface area contributed by atoms with Crippen molar-refractivity contribution >= 4 is 32.4 Å². The summed E-state index contributed by atoms with van der Waals surface area (Å²) in [7, 11) is 1.55. The molecule has 20 heavy (non-hydrogen) atoms. The standard InChI is InChI=1S/C15H13FN2OS/c1-9-3-6-12-14(7-9)20-15(17-12)18-13-8-10(19-2)4-5-11(13)16/h3-8H,1-2H3,(H,17,18). The van der Waals surface area contributed by atoms with Gasteiger partial charge in [0, 0.05) is 6.07 Å². The van der Waals surface area contributed by atoms with Crippen molar-refractivity contribution in [2.75, 3.05) is 12.4 Å².